The summed E-state index contributed by atoms with van der Waals surface area (Å²) in [6.45, 7) is 2.07. The molecular formula is C24H17N7. The predicted molar refractivity (Wildman–Crippen MR) is 120 cm³/mol. The molecule has 0 fully saturated rings. The fourth-order valence-corrected chi connectivity index (χ4v) is 3.91. The minimum atomic E-state index is 0.765. The molecule has 0 aliphatic carbocycles. The highest BCUT2D eigenvalue weighted by Gasteiger charge is 2.15. The standard InChI is InChI=1S/C24H17N7/c1-14-4-6-26-10-18(14)16-7-17-20(12-29-23(17)28-9-16)24-30-21-13-27-11-19(22(21)31-24)15-3-2-5-25-8-15/h2-13H,1H3,(H,28,29)(H,30,31). The molecule has 0 spiro atoms. The van der Waals surface area contributed by atoms with Crippen molar-refractivity contribution in [2.45, 2.75) is 6.92 Å². The molecular weight excluding hydrogens is 386 g/mol. The number of aromatic nitrogens is 7. The molecule has 31 heavy (non-hydrogen) atoms. The van der Waals surface area contributed by atoms with Crippen LogP contribution in [0.25, 0.3) is 55.7 Å². The fraction of sp³-hybridized carbons (Fsp3) is 0.0417. The zero-order chi connectivity index (χ0) is 20.8. The molecule has 0 aliphatic rings. The van der Waals surface area contributed by atoms with Gasteiger partial charge in [0.15, 0.2) is 0 Å². The number of rotatable bonds is 3. The maximum absolute atomic E-state index is 4.92. The molecule has 0 aliphatic heterocycles. The molecule has 2 N–H and O–H groups in total. The van der Waals surface area contributed by atoms with E-state index in [2.05, 4.69) is 42.9 Å². The van der Waals surface area contributed by atoms with E-state index in [1.807, 2.05) is 49.2 Å². The molecule has 0 bridgehead atoms. The zero-order valence-corrected chi connectivity index (χ0v) is 16.7. The Bertz CT molecular complexity index is 1550. The molecule has 0 saturated heterocycles. The van der Waals surface area contributed by atoms with Gasteiger partial charge in [0.05, 0.1) is 17.2 Å². The van der Waals surface area contributed by atoms with E-state index in [9.17, 15) is 0 Å². The minimum absolute atomic E-state index is 0.765. The summed E-state index contributed by atoms with van der Waals surface area (Å²) in [5, 5.41) is 0.996. The highest BCUT2D eigenvalue weighted by Crippen LogP contribution is 2.33. The van der Waals surface area contributed by atoms with Crippen molar-refractivity contribution in [2.75, 3.05) is 0 Å². The Morgan fingerprint density at radius 1 is 0.806 bits per heavy atom. The van der Waals surface area contributed by atoms with E-state index in [1.54, 1.807) is 18.6 Å². The van der Waals surface area contributed by atoms with Crippen LogP contribution in [0.2, 0.25) is 0 Å². The number of H-pyrrole nitrogens is 2. The molecule has 0 aromatic carbocycles. The van der Waals surface area contributed by atoms with Crippen LogP contribution in [-0.2, 0) is 0 Å². The lowest BCUT2D eigenvalue weighted by Gasteiger charge is -2.05. The van der Waals surface area contributed by atoms with E-state index in [1.165, 1.54) is 0 Å². The first-order chi connectivity index (χ1) is 15.3. The summed E-state index contributed by atoms with van der Waals surface area (Å²) in [6, 6.07) is 8.06. The lowest BCUT2D eigenvalue weighted by atomic mass is 10.0. The Morgan fingerprint density at radius 3 is 2.58 bits per heavy atom. The normalized spacial score (nSPS) is 11.4. The molecule has 7 heteroatoms. The molecule has 0 unspecified atom stereocenters. The third-order valence-electron chi connectivity index (χ3n) is 5.50. The van der Waals surface area contributed by atoms with Gasteiger partial charge in [0.1, 0.15) is 11.5 Å². The van der Waals surface area contributed by atoms with E-state index in [0.29, 0.717) is 0 Å². The van der Waals surface area contributed by atoms with Crippen molar-refractivity contribution in [3.63, 3.8) is 0 Å². The van der Waals surface area contributed by atoms with Gasteiger partial charge in [-0.15, -0.1) is 0 Å². The van der Waals surface area contributed by atoms with Gasteiger partial charge in [-0.05, 0) is 30.7 Å². The second-order valence-corrected chi connectivity index (χ2v) is 7.42. The Morgan fingerprint density at radius 2 is 1.71 bits per heavy atom. The van der Waals surface area contributed by atoms with Gasteiger partial charge in [-0.3, -0.25) is 15.0 Å². The molecule has 6 rings (SSSR count). The summed E-state index contributed by atoms with van der Waals surface area (Å²) in [7, 11) is 0. The summed E-state index contributed by atoms with van der Waals surface area (Å²) in [6.07, 6.45) is 14.7. The molecule has 0 atom stereocenters. The molecule has 0 radical (unpaired) electrons. The number of nitrogens with one attached hydrogen (secondary N) is 2. The first kappa shape index (κ1) is 17.5. The monoisotopic (exact) mass is 403 g/mol. The third kappa shape index (κ3) is 2.86. The molecule has 6 heterocycles. The number of aromatic amines is 2. The number of fused-ring (bicyclic) bond motifs is 2. The Labute approximate surface area is 177 Å². The van der Waals surface area contributed by atoms with Crippen LogP contribution in [0.4, 0.5) is 0 Å². The second-order valence-electron chi connectivity index (χ2n) is 7.42. The van der Waals surface area contributed by atoms with Gasteiger partial charge < -0.3 is 9.97 Å². The van der Waals surface area contributed by atoms with E-state index in [0.717, 1.165) is 61.3 Å². The highest BCUT2D eigenvalue weighted by molar-refractivity contribution is 5.98. The van der Waals surface area contributed by atoms with E-state index in [-0.39, 0.29) is 0 Å². The van der Waals surface area contributed by atoms with Crippen molar-refractivity contribution in [2.24, 2.45) is 0 Å². The van der Waals surface area contributed by atoms with Crippen LogP contribution in [-0.4, -0.2) is 34.9 Å². The van der Waals surface area contributed by atoms with Crippen LogP contribution >= 0.6 is 0 Å². The molecule has 0 amide bonds. The zero-order valence-electron chi connectivity index (χ0n) is 16.7. The summed E-state index contributed by atoms with van der Waals surface area (Å²) in [5.74, 6) is 0.765. The molecule has 0 saturated carbocycles. The summed E-state index contributed by atoms with van der Waals surface area (Å²) >= 11 is 0. The van der Waals surface area contributed by atoms with Gasteiger partial charge in [0, 0.05) is 76.6 Å². The number of hydrogen-bond donors (Lipinski definition) is 2. The Hall–Kier alpha value is -4.39. The summed E-state index contributed by atoms with van der Waals surface area (Å²) < 4.78 is 0. The van der Waals surface area contributed by atoms with Crippen LogP contribution in [0, 0.1) is 6.92 Å². The molecule has 6 aromatic heterocycles. The second kappa shape index (κ2) is 6.84. The van der Waals surface area contributed by atoms with E-state index < -0.39 is 0 Å². The lowest BCUT2D eigenvalue weighted by Crippen LogP contribution is -1.87. The molecule has 6 aromatic rings. The van der Waals surface area contributed by atoms with Crippen molar-refractivity contribution >= 4 is 22.1 Å². The maximum Gasteiger partial charge on any atom is 0.140 e. The van der Waals surface area contributed by atoms with Crippen molar-refractivity contribution in [3.8, 4) is 33.6 Å². The van der Waals surface area contributed by atoms with Gasteiger partial charge in [-0.25, -0.2) is 9.97 Å². The first-order valence-corrected chi connectivity index (χ1v) is 9.90. The van der Waals surface area contributed by atoms with Crippen molar-refractivity contribution < 1.29 is 0 Å². The minimum Gasteiger partial charge on any atom is -0.345 e. The average molecular weight is 403 g/mol. The van der Waals surface area contributed by atoms with Gasteiger partial charge in [-0.2, -0.15) is 0 Å². The SMILES string of the molecule is Cc1ccncc1-c1cnc2[nH]cc(-c3nc4c(-c5cccnc5)cncc4[nH]3)c2c1. The maximum atomic E-state index is 4.92. The van der Waals surface area contributed by atoms with Crippen LogP contribution in [0.1, 0.15) is 5.56 Å². The smallest absolute Gasteiger partial charge is 0.140 e. The van der Waals surface area contributed by atoms with Gasteiger partial charge in [-0.1, -0.05) is 6.07 Å². The Kier molecular flexibility index (Phi) is 3.86. The van der Waals surface area contributed by atoms with E-state index >= 15 is 0 Å². The number of nitrogens with zero attached hydrogens (tertiary/aromatic N) is 5. The van der Waals surface area contributed by atoms with E-state index in [4.69, 9.17) is 4.98 Å². The van der Waals surface area contributed by atoms with Crippen LogP contribution in [0.3, 0.4) is 0 Å². The van der Waals surface area contributed by atoms with Crippen LogP contribution in [0.15, 0.2) is 73.8 Å². The number of hydrogen-bond acceptors (Lipinski definition) is 5. The molecule has 148 valence electrons. The lowest BCUT2D eigenvalue weighted by molar-refractivity contribution is 1.27. The summed E-state index contributed by atoms with van der Waals surface area (Å²) in [4.78, 5) is 29.1. The Balaban J connectivity index is 1.52. The quantitative estimate of drug-likeness (QED) is 0.437. The van der Waals surface area contributed by atoms with Gasteiger partial charge in [0.25, 0.3) is 0 Å². The first-order valence-electron chi connectivity index (χ1n) is 9.90. The van der Waals surface area contributed by atoms with Crippen molar-refractivity contribution in [1.82, 2.24) is 34.9 Å². The predicted octanol–water partition coefficient (Wildman–Crippen LogP) is 4.93. The molecule has 7 nitrogen and oxygen atoms in total. The fourth-order valence-electron chi connectivity index (χ4n) is 3.91. The van der Waals surface area contributed by atoms with Gasteiger partial charge >= 0.3 is 0 Å². The van der Waals surface area contributed by atoms with Crippen molar-refractivity contribution in [3.05, 3.63) is 79.4 Å². The van der Waals surface area contributed by atoms with Crippen LogP contribution in [0.5, 0.6) is 0 Å². The average Bonchev–Trinajstić information content (AvgIpc) is 3.43. The number of pyridine rings is 4. The topological polar surface area (TPSA) is 96.0 Å². The van der Waals surface area contributed by atoms with Crippen LogP contribution < -0.4 is 0 Å². The third-order valence-corrected chi connectivity index (χ3v) is 5.50. The van der Waals surface area contributed by atoms with Gasteiger partial charge in [0.2, 0.25) is 0 Å². The largest absolute Gasteiger partial charge is 0.345 e. The summed E-state index contributed by atoms with van der Waals surface area (Å²) in [5.41, 5.74) is 8.67. The van der Waals surface area contributed by atoms with Crippen molar-refractivity contribution in [1.29, 1.82) is 0 Å². The number of imidazole rings is 1. The highest BCUT2D eigenvalue weighted by atomic mass is 14.9. The number of aryl methyl sites for hydroxylation is 1.